The smallest absolute Gasteiger partial charge is 0.0628 e. The Balaban J connectivity index is 2.02. The van der Waals surface area contributed by atoms with Crippen LogP contribution in [0.25, 0.3) is 0 Å². The van der Waals surface area contributed by atoms with Crippen LogP contribution in [0.4, 0.5) is 5.69 Å². The molecule has 2 heteroatoms. The number of nitrogens with one attached hydrogen (secondary N) is 1. The molecular formula is C16H16N2. The zero-order valence-corrected chi connectivity index (χ0v) is 10.2. The van der Waals surface area contributed by atoms with Crippen LogP contribution in [0.2, 0.25) is 0 Å². The maximum atomic E-state index is 8.92. The van der Waals surface area contributed by atoms with Crippen molar-refractivity contribution in [3.63, 3.8) is 0 Å². The summed E-state index contributed by atoms with van der Waals surface area (Å²) in [6, 6.07) is 22.5. The van der Waals surface area contributed by atoms with Gasteiger partial charge >= 0.3 is 0 Å². The highest BCUT2D eigenvalue weighted by Gasteiger charge is 2.10. The van der Waals surface area contributed by atoms with Crippen LogP contribution in [-0.4, -0.2) is 6.54 Å². The van der Waals surface area contributed by atoms with Gasteiger partial charge < -0.3 is 5.32 Å². The number of hydrogen-bond donors (Lipinski definition) is 1. The highest BCUT2D eigenvalue weighted by atomic mass is 14.9. The maximum absolute atomic E-state index is 8.92. The van der Waals surface area contributed by atoms with Gasteiger partial charge in [-0.15, -0.1) is 0 Å². The molecule has 0 heterocycles. The second-order valence-corrected chi connectivity index (χ2v) is 4.22. The van der Waals surface area contributed by atoms with E-state index in [2.05, 4.69) is 23.5 Å². The van der Waals surface area contributed by atoms with Gasteiger partial charge in [0.25, 0.3) is 0 Å². The van der Waals surface area contributed by atoms with E-state index in [-0.39, 0.29) is 5.92 Å². The minimum atomic E-state index is 0.233. The Morgan fingerprint density at radius 3 is 2.17 bits per heavy atom. The third-order valence-corrected chi connectivity index (χ3v) is 2.94. The summed E-state index contributed by atoms with van der Waals surface area (Å²) in [5, 5.41) is 12.3. The second-order valence-electron chi connectivity index (χ2n) is 4.22. The SMILES string of the molecule is N#CCC(CNc1ccccc1)c1ccccc1. The van der Waals surface area contributed by atoms with E-state index in [0.717, 1.165) is 12.2 Å². The molecule has 0 aromatic heterocycles. The lowest BCUT2D eigenvalue weighted by Crippen LogP contribution is -2.12. The van der Waals surface area contributed by atoms with Crippen LogP contribution in [0, 0.1) is 11.3 Å². The lowest BCUT2D eigenvalue weighted by atomic mass is 9.96. The molecule has 2 rings (SSSR count). The van der Waals surface area contributed by atoms with Gasteiger partial charge in [0.1, 0.15) is 0 Å². The number of anilines is 1. The summed E-state index contributed by atoms with van der Waals surface area (Å²) in [6.45, 7) is 0.779. The molecule has 18 heavy (non-hydrogen) atoms. The summed E-state index contributed by atoms with van der Waals surface area (Å²) in [6.07, 6.45) is 0.532. The van der Waals surface area contributed by atoms with Gasteiger partial charge in [-0.25, -0.2) is 0 Å². The van der Waals surface area contributed by atoms with Crippen molar-refractivity contribution in [3.05, 3.63) is 66.2 Å². The summed E-state index contributed by atoms with van der Waals surface area (Å²) in [5.41, 5.74) is 2.30. The normalized spacial score (nSPS) is 11.5. The van der Waals surface area contributed by atoms with Gasteiger partial charge in [-0.2, -0.15) is 5.26 Å². The first-order valence-corrected chi connectivity index (χ1v) is 6.11. The quantitative estimate of drug-likeness (QED) is 0.857. The topological polar surface area (TPSA) is 35.8 Å². The van der Waals surface area contributed by atoms with E-state index < -0.39 is 0 Å². The van der Waals surface area contributed by atoms with Gasteiger partial charge in [0.2, 0.25) is 0 Å². The Labute approximate surface area is 108 Å². The van der Waals surface area contributed by atoms with Crippen molar-refractivity contribution in [1.82, 2.24) is 0 Å². The monoisotopic (exact) mass is 236 g/mol. The van der Waals surface area contributed by atoms with Crippen LogP contribution in [0.5, 0.6) is 0 Å². The lowest BCUT2D eigenvalue weighted by molar-refractivity contribution is 0.741. The number of para-hydroxylation sites is 1. The summed E-state index contributed by atoms with van der Waals surface area (Å²) in [5.74, 6) is 0.233. The fourth-order valence-corrected chi connectivity index (χ4v) is 1.94. The van der Waals surface area contributed by atoms with E-state index >= 15 is 0 Å². The van der Waals surface area contributed by atoms with Gasteiger partial charge in [-0.05, 0) is 17.7 Å². The van der Waals surface area contributed by atoms with Crippen LogP contribution < -0.4 is 5.32 Å². The predicted molar refractivity (Wildman–Crippen MR) is 74.3 cm³/mol. The van der Waals surface area contributed by atoms with E-state index in [1.54, 1.807) is 0 Å². The third kappa shape index (κ3) is 3.36. The lowest BCUT2D eigenvalue weighted by Gasteiger charge is -2.15. The molecule has 0 radical (unpaired) electrons. The fraction of sp³-hybridized carbons (Fsp3) is 0.188. The number of benzene rings is 2. The van der Waals surface area contributed by atoms with Gasteiger partial charge in [0.05, 0.1) is 6.07 Å². The number of nitrogens with zero attached hydrogens (tertiary/aromatic N) is 1. The molecule has 0 saturated heterocycles. The number of nitriles is 1. The summed E-state index contributed by atoms with van der Waals surface area (Å²) in [4.78, 5) is 0. The first kappa shape index (κ1) is 12.2. The van der Waals surface area contributed by atoms with Crippen molar-refractivity contribution in [2.45, 2.75) is 12.3 Å². The van der Waals surface area contributed by atoms with E-state index in [4.69, 9.17) is 5.26 Å². The largest absolute Gasteiger partial charge is 0.384 e. The minimum absolute atomic E-state index is 0.233. The molecule has 1 N–H and O–H groups in total. The average Bonchev–Trinajstić information content (AvgIpc) is 2.45. The van der Waals surface area contributed by atoms with Gasteiger partial charge in [-0.1, -0.05) is 48.5 Å². The molecule has 2 aromatic carbocycles. The molecule has 0 aliphatic carbocycles. The molecule has 2 aromatic rings. The Hall–Kier alpha value is -2.27. The summed E-state index contributed by atoms with van der Waals surface area (Å²) in [7, 11) is 0. The van der Waals surface area contributed by atoms with Crippen molar-refractivity contribution in [3.8, 4) is 6.07 Å². The standard InChI is InChI=1S/C16H16N2/c17-12-11-15(14-7-3-1-4-8-14)13-18-16-9-5-2-6-10-16/h1-10,15,18H,11,13H2. The van der Waals surface area contributed by atoms with Gasteiger partial charge in [0, 0.05) is 24.6 Å². The summed E-state index contributed by atoms with van der Waals surface area (Å²) >= 11 is 0. The van der Waals surface area contributed by atoms with Crippen molar-refractivity contribution in [1.29, 1.82) is 5.26 Å². The predicted octanol–water partition coefficient (Wildman–Crippen LogP) is 3.80. The maximum Gasteiger partial charge on any atom is 0.0628 e. The Kier molecular flexibility index (Phi) is 4.38. The molecule has 0 bridgehead atoms. The Bertz CT molecular complexity index is 500. The highest BCUT2D eigenvalue weighted by molar-refractivity contribution is 5.43. The van der Waals surface area contributed by atoms with E-state index in [9.17, 15) is 0 Å². The molecule has 2 nitrogen and oxygen atoms in total. The van der Waals surface area contributed by atoms with Crippen LogP contribution in [0.15, 0.2) is 60.7 Å². The average molecular weight is 236 g/mol. The molecule has 0 aliphatic rings. The molecule has 90 valence electrons. The van der Waals surface area contributed by atoms with Crippen LogP contribution in [-0.2, 0) is 0 Å². The van der Waals surface area contributed by atoms with Gasteiger partial charge in [0.15, 0.2) is 0 Å². The Morgan fingerprint density at radius 2 is 1.56 bits per heavy atom. The summed E-state index contributed by atoms with van der Waals surface area (Å²) < 4.78 is 0. The molecule has 0 aliphatic heterocycles. The first-order valence-electron chi connectivity index (χ1n) is 6.11. The van der Waals surface area contributed by atoms with Crippen molar-refractivity contribution in [2.24, 2.45) is 0 Å². The van der Waals surface area contributed by atoms with Crippen LogP contribution >= 0.6 is 0 Å². The minimum Gasteiger partial charge on any atom is -0.384 e. The number of rotatable bonds is 5. The zero-order valence-electron chi connectivity index (χ0n) is 10.2. The van der Waals surface area contributed by atoms with Crippen molar-refractivity contribution in [2.75, 3.05) is 11.9 Å². The van der Waals surface area contributed by atoms with Gasteiger partial charge in [-0.3, -0.25) is 0 Å². The van der Waals surface area contributed by atoms with Crippen molar-refractivity contribution < 1.29 is 0 Å². The number of hydrogen-bond acceptors (Lipinski definition) is 2. The molecule has 1 unspecified atom stereocenters. The van der Waals surface area contributed by atoms with E-state index in [1.807, 2.05) is 48.5 Å². The molecule has 0 amide bonds. The molecule has 0 fully saturated rings. The Morgan fingerprint density at radius 1 is 0.944 bits per heavy atom. The molecular weight excluding hydrogens is 220 g/mol. The van der Waals surface area contributed by atoms with E-state index in [1.165, 1.54) is 5.56 Å². The highest BCUT2D eigenvalue weighted by Crippen LogP contribution is 2.19. The van der Waals surface area contributed by atoms with Crippen molar-refractivity contribution >= 4 is 5.69 Å². The first-order chi connectivity index (χ1) is 8.90. The third-order valence-electron chi connectivity index (χ3n) is 2.94. The second kappa shape index (κ2) is 6.46. The molecule has 0 spiro atoms. The molecule has 1 atom stereocenters. The fourth-order valence-electron chi connectivity index (χ4n) is 1.94. The zero-order chi connectivity index (χ0) is 12.6. The van der Waals surface area contributed by atoms with E-state index in [0.29, 0.717) is 6.42 Å². The molecule has 0 saturated carbocycles. The van der Waals surface area contributed by atoms with Crippen LogP contribution in [0.3, 0.4) is 0 Å². The van der Waals surface area contributed by atoms with Crippen LogP contribution in [0.1, 0.15) is 17.9 Å².